The van der Waals surface area contributed by atoms with Gasteiger partial charge in [-0.2, -0.15) is 0 Å². The molecule has 0 radical (unpaired) electrons. The van der Waals surface area contributed by atoms with Crippen LogP contribution in [0.3, 0.4) is 0 Å². The van der Waals surface area contributed by atoms with E-state index in [9.17, 15) is 14.7 Å². The number of carboxylic acids is 1. The summed E-state index contributed by atoms with van der Waals surface area (Å²) in [5.41, 5.74) is 0.332. The third kappa shape index (κ3) is 2.25. The number of carbonyl (C=O) groups excluding carboxylic acids is 1. The third-order valence-electron chi connectivity index (χ3n) is 4.76. The number of anilines is 1. The molecular formula is C15H19N3O4. The summed E-state index contributed by atoms with van der Waals surface area (Å²) in [5.74, 6) is -0.428. The number of fused-ring (bicyclic) bond motifs is 1. The van der Waals surface area contributed by atoms with Crippen LogP contribution < -0.4 is 4.90 Å². The van der Waals surface area contributed by atoms with Crippen LogP contribution in [0.2, 0.25) is 0 Å². The molecule has 7 nitrogen and oxygen atoms in total. The molecule has 0 aromatic carbocycles. The molecule has 2 aliphatic rings. The lowest BCUT2D eigenvalue weighted by molar-refractivity contribution is -0.157. The molecule has 2 aliphatic heterocycles. The third-order valence-corrected chi connectivity index (χ3v) is 4.76. The molecule has 3 heterocycles. The van der Waals surface area contributed by atoms with Crippen molar-refractivity contribution in [1.82, 2.24) is 9.97 Å². The van der Waals surface area contributed by atoms with Gasteiger partial charge in [-0.1, -0.05) is 0 Å². The molecule has 118 valence electrons. The Morgan fingerprint density at radius 3 is 2.86 bits per heavy atom. The Bertz CT molecular complexity index is 633. The molecule has 0 saturated carbocycles. The number of rotatable bonds is 3. The second-order valence-corrected chi connectivity index (χ2v) is 6.09. The van der Waals surface area contributed by atoms with Crippen LogP contribution in [0.15, 0.2) is 6.20 Å². The molecule has 7 heteroatoms. The molecule has 2 atom stereocenters. The van der Waals surface area contributed by atoms with Crippen molar-refractivity contribution in [3.63, 3.8) is 0 Å². The minimum absolute atomic E-state index is 0.0601. The summed E-state index contributed by atoms with van der Waals surface area (Å²) >= 11 is 0. The van der Waals surface area contributed by atoms with Crippen molar-refractivity contribution in [2.24, 2.45) is 11.3 Å². The number of ether oxygens (including phenoxy) is 1. The highest BCUT2D eigenvalue weighted by Gasteiger charge is 2.54. The number of carbonyl (C=O) groups is 2. The van der Waals surface area contributed by atoms with Gasteiger partial charge >= 0.3 is 5.97 Å². The summed E-state index contributed by atoms with van der Waals surface area (Å²) in [6, 6.07) is 0. The van der Waals surface area contributed by atoms with Crippen LogP contribution in [0.4, 0.5) is 5.95 Å². The first kappa shape index (κ1) is 14.9. The fourth-order valence-corrected chi connectivity index (χ4v) is 3.40. The van der Waals surface area contributed by atoms with Gasteiger partial charge < -0.3 is 14.7 Å². The van der Waals surface area contributed by atoms with E-state index in [0.29, 0.717) is 49.9 Å². The zero-order valence-corrected chi connectivity index (χ0v) is 12.7. The largest absolute Gasteiger partial charge is 0.481 e. The van der Waals surface area contributed by atoms with Gasteiger partial charge in [-0.3, -0.25) is 9.59 Å². The van der Waals surface area contributed by atoms with Crippen molar-refractivity contribution < 1.29 is 19.4 Å². The summed E-state index contributed by atoms with van der Waals surface area (Å²) < 4.78 is 5.44. The van der Waals surface area contributed by atoms with Crippen molar-refractivity contribution in [2.75, 3.05) is 31.2 Å². The minimum Gasteiger partial charge on any atom is -0.481 e. The van der Waals surface area contributed by atoms with Gasteiger partial charge in [0.1, 0.15) is 0 Å². The number of nitrogens with zero attached hydrogens (tertiary/aromatic N) is 3. The Labute approximate surface area is 128 Å². The standard InChI is InChI=1S/C15H19N3O4/c1-9-12(10(2)19)5-16-14(17-9)18-6-11-7-22-4-3-15(11,8-18)13(20)21/h5,11H,3-4,6-8H2,1-2H3,(H,20,21)/t11-,15+/m1/s1. The molecule has 0 unspecified atom stereocenters. The molecule has 2 fully saturated rings. The van der Waals surface area contributed by atoms with Crippen LogP contribution in [0.1, 0.15) is 29.4 Å². The van der Waals surface area contributed by atoms with E-state index in [2.05, 4.69) is 9.97 Å². The molecule has 2 saturated heterocycles. The van der Waals surface area contributed by atoms with Crippen LogP contribution >= 0.6 is 0 Å². The van der Waals surface area contributed by atoms with Gasteiger partial charge in [0.25, 0.3) is 0 Å². The maximum absolute atomic E-state index is 11.8. The number of ketones is 1. The lowest BCUT2D eigenvalue weighted by Gasteiger charge is -2.33. The minimum atomic E-state index is -0.783. The van der Waals surface area contributed by atoms with Crippen LogP contribution in [-0.2, 0) is 9.53 Å². The van der Waals surface area contributed by atoms with Crippen LogP contribution in [0.5, 0.6) is 0 Å². The lowest BCUT2D eigenvalue weighted by atomic mass is 9.74. The van der Waals surface area contributed by atoms with Gasteiger partial charge in [0.15, 0.2) is 5.78 Å². The average molecular weight is 305 g/mol. The first-order valence-corrected chi connectivity index (χ1v) is 7.35. The normalized spacial score (nSPS) is 27.5. The second-order valence-electron chi connectivity index (χ2n) is 6.09. The predicted octanol–water partition coefficient (Wildman–Crippen LogP) is 0.915. The van der Waals surface area contributed by atoms with Crippen molar-refractivity contribution >= 4 is 17.7 Å². The number of hydrogen-bond acceptors (Lipinski definition) is 6. The van der Waals surface area contributed by atoms with Crippen molar-refractivity contribution in [2.45, 2.75) is 20.3 Å². The van der Waals surface area contributed by atoms with Crippen LogP contribution in [0.25, 0.3) is 0 Å². The van der Waals surface area contributed by atoms with E-state index in [-0.39, 0.29) is 11.7 Å². The van der Waals surface area contributed by atoms with Gasteiger partial charge in [0, 0.05) is 31.8 Å². The molecule has 0 spiro atoms. The number of Topliss-reactive ketones (excluding diaryl/α,β-unsaturated/α-hetero) is 1. The Balaban J connectivity index is 1.89. The number of aromatic nitrogens is 2. The molecule has 0 amide bonds. The Morgan fingerprint density at radius 2 is 2.27 bits per heavy atom. The second kappa shape index (κ2) is 5.31. The van der Waals surface area contributed by atoms with Gasteiger partial charge in [-0.25, -0.2) is 9.97 Å². The smallest absolute Gasteiger partial charge is 0.311 e. The zero-order valence-electron chi connectivity index (χ0n) is 12.7. The molecule has 0 bridgehead atoms. The van der Waals surface area contributed by atoms with Crippen LogP contribution in [0, 0.1) is 18.3 Å². The fourth-order valence-electron chi connectivity index (χ4n) is 3.40. The van der Waals surface area contributed by atoms with E-state index in [1.165, 1.54) is 13.1 Å². The van der Waals surface area contributed by atoms with E-state index in [1.807, 2.05) is 4.90 Å². The van der Waals surface area contributed by atoms with Crippen molar-refractivity contribution in [3.05, 3.63) is 17.5 Å². The van der Waals surface area contributed by atoms with Gasteiger partial charge in [0.2, 0.25) is 5.95 Å². The average Bonchev–Trinajstić information content (AvgIpc) is 2.87. The summed E-state index contributed by atoms with van der Waals surface area (Å²) in [7, 11) is 0. The molecule has 1 N–H and O–H groups in total. The van der Waals surface area contributed by atoms with E-state index in [4.69, 9.17) is 4.74 Å². The quantitative estimate of drug-likeness (QED) is 0.830. The summed E-state index contributed by atoms with van der Waals surface area (Å²) in [4.78, 5) is 33.8. The Kier molecular flexibility index (Phi) is 3.60. The molecule has 1 aromatic rings. The monoisotopic (exact) mass is 305 g/mol. The highest BCUT2D eigenvalue weighted by molar-refractivity contribution is 5.94. The molecule has 1 aromatic heterocycles. The lowest BCUT2D eigenvalue weighted by Crippen LogP contribution is -2.44. The summed E-state index contributed by atoms with van der Waals surface area (Å²) in [6.07, 6.45) is 2.03. The summed E-state index contributed by atoms with van der Waals surface area (Å²) in [5, 5.41) is 9.67. The Morgan fingerprint density at radius 1 is 1.50 bits per heavy atom. The first-order valence-electron chi connectivity index (χ1n) is 7.35. The van der Waals surface area contributed by atoms with E-state index >= 15 is 0 Å². The van der Waals surface area contributed by atoms with Gasteiger partial charge in [-0.05, 0) is 20.3 Å². The molecule has 22 heavy (non-hydrogen) atoms. The maximum atomic E-state index is 11.8. The zero-order chi connectivity index (χ0) is 15.9. The highest BCUT2D eigenvalue weighted by Crippen LogP contribution is 2.43. The molecular weight excluding hydrogens is 286 g/mol. The number of carboxylic acid groups (broad SMARTS) is 1. The van der Waals surface area contributed by atoms with Gasteiger partial charge in [-0.15, -0.1) is 0 Å². The predicted molar refractivity (Wildman–Crippen MR) is 78.0 cm³/mol. The summed E-state index contributed by atoms with van der Waals surface area (Å²) in [6.45, 7) is 5.11. The highest BCUT2D eigenvalue weighted by atomic mass is 16.5. The van der Waals surface area contributed by atoms with Crippen molar-refractivity contribution in [3.8, 4) is 0 Å². The number of hydrogen-bond donors (Lipinski definition) is 1. The number of aryl methyl sites for hydroxylation is 1. The van der Waals surface area contributed by atoms with Crippen LogP contribution in [-0.4, -0.2) is 53.1 Å². The SMILES string of the molecule is CC(=O)c1cnc(N2C[C@@H]3COCC[C@]3(C(=O)O)C2)nc1C. The van der Waals surface area contributed by atoms with Gasteiger partial charge in [0.05, 0.1) is 23.3 Å². The fraction of sp³-hybridized carbons (Fsp3) is 0.600. The van der Waals surface area contributed by atoms with E-state index < -0.39 is 11.4 Å². The Hall–Kier alpha value is -2.02. The first-order chi connectivity index (χ1) is 10.4. The van der Waals surface area contributed by atoms with E-state index in [0.717, 1.165) is 0 Å². The van der Waals surface area contributed by atoms with E-state index in [1.54, 1.807) is 6.92 Å². The molecule has 0 aliphatic carbocycles. The van der Waals surface area contributed by atoms with Crippen molar-refractivity contribution in [1.29, 1.82) is 0 Å². The topological polar surface area (TPSA) is 92.6 Å². The molecule has 3 rings (SSSR count). The maximum Gasteiger partial charge on any atom is 0.311 e. The number of aliphatic carboxylic acids is 1.